The Kier molecular flexibility index (Phi) is 5.58. The molecule has 1 heterocycles. The van der Waals surface area contributed by atoms with Crippen LogP contribution in [0, 0.1) is 12.8 Å². The van der Waals surface area contributed by atoms with Crippen LogP contribution in [0.4, 0.5) is 0 Å². The van der Waals surface area contributed by atoms with E-state index < -0.39 is 0 Å². The summed E-state index contributed by atoms with van der Waals surface area (Å²) < 4.78 is 1.38. The van der Waals surface area contributed by atoms with Crippen LogP contribution in [0.1, 0.15) is 43.2 Å². The maximum atomic E-state index is 9.02. The van der Waals surface area contributed by atoms with Crippen LogP contribution in [0.15, 0.2) is 24.3 Å². The molecular weight excluding hydrogens is 266 g/mol. The van der Waals surface area contributed by atoms with Crippen molar-refractivity contribution in [2.24, 2.45) is 5.92 Å². The van der Waals surface area contributed by atoms with Gasteiger partial charge in [-0.1, -0.05) is 25.1 Å². The van der Waals surface area contributed by atoms with Gasteiger partial charge in [0.05, 0.1) is 0 Å². The molecule has 2 rings (SSSR count). The van der Waals surface area contributed by atoms with Crippen molar-refractivity contribution in [3.63, 3.8) is 0 Å². The molecule has 1 aromatic carbocycles. The fourth-order valence-corrected chi connectivity index (χ4v) is 3.80. The van der Waals surface area contributed by atoms with Crippen LogP contribution in [0.25, 0.3) is 10.1 Å². The molecule has 0 fully saturated rings. The fourth-order valence-electron chi connectivity index (χ4n) is 2.56. The van der Waals surface area contributed by atoms with Crippen LogP contribution in [0.3, 0.4) is 0 Å². The molecule has 2 N–H and O–H groups in total. The van der Waals surface area contributed by atoms with Crippen LogP contribution in [-0.2, 0) is 0 Å². The van der Waals surface area contributed by atoms with Crippen LogP contribution in [0.5, 0.6) is 0 Å². The summed E-state index contributed by atoms with van der Waals surface area (Å²) in [7, 11) is 0. The highest BCUT2D eigenvalue weighted by Gasteiger charge is 2.13. The van der Waals surface area contributed by atoms with Crippen molar-refractivity contribution >= 4 is 21.4 Å². The van der Waals surface area contributed by atoms with Crippen molar-refractivity contribution < 1.29 is 5.11 Å². The lowest BCUT2D eigenvalue weighted by Gasteiger charge is -2.14. The summed E-state index contributed by atoms with van der Waals surface area (Å²) in [5.41, 5.74) is 1.41. The average molecular weight is 291 g/mol. The molecule has 0 saturated carbocycles. The standard InChI is InChI=1S/C17H25NOS/c1-12(11-19)7-6-10-18-14(3)17-13(2)15-8-4-5-9-16(15)20-17/h4-5,8-9,12,14,18-19H,6-7,10-11H2,1-3H3. The molecule has 0 saturated heterocycles. The van der Waals surface area contributed by atoms with Crippen LogP contribution >= 0.6 is 11.3 Å². The van der Waals surface area contributed by atoms with Crippen LogP contribution < -0.4 is 5.32 Å². The minimum Gasteiger partial charge on any atom is -0.396 e. The Labute approximate surface area is 125 Å². The van der Waals surface area contributed by atoms with Gasteiger partial charge >= 0.3 is 0 Å². The molecule has 0 aliphatic rings. The molecule has 110 valence electrons. The maximum Gasteiger partial charge on any atom is 0.0456 e. The first-order chi connectivity index (χ1) is 9.63. The van der Waals surface area contributed by atoms with E-state index in [2.05, 4.69) is 50.4 Å². The van der Waals surface area contributed by atoms with E-state index in [1.165, 1.54) is 20.5 Å². The highest BCUT2D eigenvalue weighted by atomic mass is 32.1. The van der Waals surface area contributed by atoms with E-state index >= 15 is 0 Å². The van der Waals surface area contributed by atoms with Gasteiger partial charge in [-0.05, 0) is 56.2 Å². The molecule has 0 bridgehead atoms. The fraction of sp³-hybridized carbons (Fsp3) is 0.529. The molecule has 1 aromatic heterocycles. The van der Waals surface area contributed by atoms with Crippen LogP contribution in [-0.4, -0.2) is 18.3 Å². The highest BCUT2D eigenvalue weighted by Crippen LogP contribution is 2.34. The largest absolute Gasteiger partial charge is 0.396 e. The molecular formula is C17H25NOS. The zero-order chi connectivity index (χ0) is 14.5. The van der Waals surface area contributed by atoms with Crippen LogP contribution in [0.2, 0.25) is 0 Å². The van der Waals surface area contributed by atoms with Crippen molar-refractivity contribution in [1.82, 2.24) is 5.32 Å². The number of thiophene rings is 1. The van der Waals surface area contributed by atoms with E-state index in [0.29, 0.717) is 18.6 Å². The van der Waals surface area contributed by atoms with Crippen molar-refractivity contribution in [2.75, 3.05) is 13.2 Å². The van der Waals surface area contributed by atoms with E-state index in [-0.39, 0.29) is 0 Å². The molecule has 0 aliphatic heterocycles. The van der Waals surface area contributed by atoms with E-state index in [4.69, 9.17) is 5.11 Å². The van der Waals surface area contributed by atoms with E-state index in [1.807, 2.05) is 11.3 Å². The maximum absolute atomic E-state index is 9.02. The first kappa shape index (κ1) is 15.5. The molecule has 0 radical (unpaired) electrons. The van der Waals surface area contributed by atoms with Gasteiger partial charge in [0, 0.05) is 22.2 Å². The van der Waals surface area contributed by atoms with E-state index in [1.54, 1.807) is 0 Å². The number of aliphatic hydroxyl groups excluding tert-OH is 1. The smallest absolute Gasteiger partial charge is 0.0456 e. The number of nitrogens with one attached hydrogen (secondary N) is 1. The molecule has 0 aliphatic carbocycles. The van der Waals surface area contributed by atoms with Gasteiger partial charge in [0.2, 0.25) is 0 Å². The highest BCUT2D eigenvalue weighted by molar-refractivity contribution is 7.19. The molecule has 2 unspecified atom stereocenters. The third kappa shape index (κ3) is 3.60. The minimum atomic E-state index is 0.297. The Morgan fingerprint density at radius 1 is 1.25 bits per heavy atom. The predicted molar refractivity (Wildman–Crippen MR) is 88.5 cm³/mol. The van der Waals surface area contributed by atoms with Gasteiger partial charge in [-0.15, -0.1) is 11.3 Å². The Morgan fingerprint density at radius 2 is 2.00 bits per heavy atom. The summed E-state index contributed by atoms with van der Waals surface area (Å²) in [6.45, 7) is 7.87. The first-order valence-electron chi connectivity index (χ1n) is 7.45. The summed E-state index contributed by atoms with van der Waals surface area (Å²) in [5.74, 6) is 0.415. The lowest BCUT2D eigenvalue weighted by atomic mass is 10.1. The third-order valence-electron chi connectivity index (χ3n) is 3.91. The summed E-state index contributed by atoms with van der Waals surface area (Å²) >= 11 is 1.90. The molecule has 2 nitrogen and oxygen atoms in total. The molecule has 2 atom stereocenters. The zero-order valence-corrected chi connectivity index (χ0v) is 13.5. The second kappa shape index (κ2) is 7.21. The quantitative estimate of drug-likeness (QED) is 0.747. The molecule has 2 aromatic rings. The number of fused-ring (bicyclic) bond motifs is 1. The minimum absolute atomic E-state index is 0.297. The summed E-state index contributed by atoms with van der Waals surface area (Å²) in [5, 5.41) is 14.0. The Morgan fingerprint density at radius 3 is 2.70 bits per heavy atom. The van der Waals surface area contributed by atoms with Gasteiger partial charge in [0.1, 0.15) is 0 Å². The Hall–Kier alpha value is -0.900. The third-order valence-corrected chi connectivity index (χ3v) is 5.37. The van der Waals surface area contributed by atoms with E-state index in [0.717, 1.165) is 19.4 Å². The zero-order valence-electron chi connectivity index (χ0n) is 12.6. The number of benzene rings is 1. The second-order valence-corrected chi connectivity index (χ2v) is 6.78. The van der Waals surface area contributed by atoms with Gasteiger partial charge in [-0.2, -0.15) is 0 Å². The van der Waals surface area contributed by atoms with Gasteiger partial charge in [-0.25, -0.2) is 0 Å². The molecule has 20 heavy (non-hydrogen) atoms. The summed E-state index contributed by atoms with van der Waals surface area (Å²) in [6, 6.07) is 9.03. The van der Waals surface area contributed by atoms with Gasteiger partial charge < -0.3 is 10.4 Å². The molecule has 0 spiro atoms. The van der Waals surface area contributed by atoms with Gasteiger partial charge in [0.15, 0.2) is 0 Å². The van der Waals surface area contributed by atoms with Gasteiger partial charge in [-0.3, -0.25) is 0 Å². The average Bonchev–Trinajstić information content (AvgIpc) is 2.81. The van der Waals surface area contributed by atoms with Crippen molar-refractivity contribution in [3.8, 4) is 0 Å². The topological polar surface area (TPSA) is 32.3 Å². The number of hydrogen-bond acceptors (Lipinski definition) is 3. The Bertz CT molecular complexity index is 549. The molecule has 0 amide bonds. The second-order valence-electron chi connectivity index (χ2n) is 5.69. The number of aryl methyl sites for hydroxylation is 1. The van der Waals surface area contributed by atoms with E-state index in [9.17, 15) is 0 Å². The summed E-state index contributed by atoms with van der Waals surface area (Å²) in [4.78, 5) is 1.45. The van der Waals surface area contributed by atoms with Crippen molar-refractivity contribution in [2.45, 2.75) is 39.7 Å². The summed E-state index contributed by atoms with van der Waals surface area (Å²) in [6.07, 6.45) is 2.21. The normalized spacial score (nSPS) is 14.6. The number of aliphatic hydroxyl groups is 1. The lowest BCUT2D eigenvalue weighted by molar-refractivity contribution is 0.227. The SMILES string of the molecule is Cc1c(C(C)NCCCC(C)CO)sc2ccccc12. The predicted octanol–water partition coefficient (Wildman–Crippen LogP) is 4.27. The van der Waals surface area contributed by atoms with Crippen molar-refractivity contribution in [1.29, 1.82) is 0 Å². The molecule has 3 heteroatoms. The Balaban J connectivity index is 1.94. The van der Waals surface area contributed by atoms with Gasteiger partial charge in [0.25, 0.3) is 0 Å². The van der Waals surface area contributed by atoms with Crippen molar-refractivity contribution in [3.05, 3.63) is 34.7 Å². The lowest BCUT2D eigenvalue weighted by Crippen LogP contribution is -2.20. The number of hydrogen-bond donors (Lipinski definition) is 2. The number of rotatable bonds is 7. The first-order valence-corrected chi connectivity index (χ1v) is 8.27. The monoisotopic (exact) mass is 291 g/mol.